The second kappa shape index (κ2) is 7.91. The van der Waals surface area contributed by atoms with E-state index >= 15 is 0 Å². The van der Waals surface area contributed by atoms with Crippen LogP contribution in [-0.4, -0.2) is 52.9 Å². The number of halogens is 4. The third-order valence-electron chi connectivity index (χ3n) is 4.18. The van der Waals surface area contributed by atoms with Crippen LogP contribution in [-0.2, 0) is 4.79 Å². The Kier molecular flexibility index (Phi) is 5.71. The van der Waals surface area contributed by atoms with Gasteiger partial charge < -0.3 is 25.5 Å². The summed E-state index contributed by atoms with van der Waals surface area (Å²) < 4.78 is 37.7. The summed E-state index contributed by atoms with van der Waals surface area (Å²) in [5.41, 5.74) is 8.04. The molecule has 1 fully saturated rings. The number of carbonyl (C=O) groups is 1. The number of fused-ring (bicyclic) bond motifs is 3. The normalized spacial score (nSPS) is 17.3. The van der Waals surface area contributed by atoms with Gasteiger partial charge in [-0.1, -0.05) is 11.6 Å². The maximum atomic E-state index is 10.6. The number of benzene rings is 1. The number of nitrogens with one attached hydrogen (secondary N) is 1. The number of anilines is 2. The van der Waals surface area contributed by atoms with Gasteiger partial charge in [0.15, 0.2) is 11.4 Å². The summed E-state index contributed by atoms with van der Waals surface area (Å²) in [5.74, 6) is -1.76. The average molecular weight is 432 g/mol. The molecule has 1 aromatic carbocycles. The topological polar surface area (TPSA) is 118 Å². The maximum absolute atomic E-state index is 10.6. The number of nitrogens with two attached hydrogens (primary N) is 1. The van der Waals surface area contributed by atoms with Gasteiger partial charge in [0.05, 0.1) is 0 Å². The Bertz CT molecular complexity index is 1060. The number of alkyl halides is 3. The van der Waals surface area contributed by atoms with Crippen LogP contribution in [0.3, 0.4) is 0 Å². The molecule has 0 saturated carbocycles. The number of aromatic nitrogens is 2. The highest BCUT2D eigenvalue weighted by molar-refractivity contribution is 6.31. The molecule has 0 amide bonds. The largest absolute Gasteiger partial charge is 0.490 e. The lowest BCUT2D eigenvalue weighted by atomic mass is 10.2. The quantitative estimate of drug-likeness (QED) is 0.538. The summed E-state index contributed by atoms with van der Waals surface area (Å²) in [4.78, 5) is 19.8. The molecular formula is C17H17ClF3N5O3. The van der Waals surface area contributed by atoms with Crippen molar-refractivity contribution in [2.45, 2.75) is 19.1 Å². The van der Waals surface area contributed by atoms with Crippen LogP contribution >= 0.6 is 11.6 Å². The summed E-state index contributed by atoms with van der Waals surface area (Å²) in [5, 5.41) is 12.0. The van der Waals surface area contributed by atoms with Gasteiger partial charge in [-0.2, -0.15) is 18.2 Å². The molecular weight excluding hydrogens is 415 g/mol. The lowest BCUT2D eigenvalue weighted by molar-refractivity contribution is -0.192. The molecule has 29 heavy (non-hydrogen) atoms. The Labute approximate surface area is 167 Å². The first kappa shape index (κ1) is 20.9. The minimum Gasteiger partial charge on any atom is -0.475 e. The summed E-state index contributed by atoms with van der Waals surface area (Å²) in [6.07, 6.45) is -5.08. The minimum absolute atomic E-state index is 0.247. The molecule has 4 N–H and O–H groups in total. The van der Waals surface area contributed by atoms with Crippen molar-refractivity contribution in [1.82, 2.24) is 15.3 Å². The molecule has 1 atom stereocenters. The number of carboxylic acid groups (broad SMARTS) is 1. The Balaban J connectivity index is 0.000000298. The number of furan rings is 1. The Morgan fingerprint density at radius 1 is 1.41 bits per heavy atom. The van der Waals surface area contributed by atoms with Gasteiger partial charge in [0.2, 0.25) is 5.95 Å². The molecule has 3 heterocycles. The number of carboxylic acids is 1. The van der Waals surface area contributed by atoms with E-state index in [1.165, 1.54) is 0 Å². The molecule has 0 unspecified atom stereocenters. The Morgan fingerprint density at radius 3 is 2.72 bits per heavy atom. The fourth-order valence-corrected chi connectivity index (χ4v) is 3.13. The highest BCUT2D eigenvalue weighted by Gasteiger charge is 2.38. The summed E-state index contributed by atoms with van der Waals surface area (Å²) in [7, 11) is 0. The van der Waals surface area contributed by atoms with Gasteiger partial charge in [-0.15, -0.1) is 0 Å². The van der Waals surface area contributed by atoms with Gasteiger partial charge in [0, 0.05) is 36.1 Å². The van der Waals surface area contributed by atoms with E-state index in [0.717, 1.165) is 36.4 Å². The molecule has 1 aliphatic heterocycles. The number of hydrogen-bond acceptors (Lipinski definition) is 7. The zero-order chi connectivity index (χ0) is 21.3. The first-order valence-electron chi connectivity index (χ1n) is 8.50. The molecule has 2 aromatic heterocycles. The van der Waals surface area contributed by atoms with Crippen molar-refractivity contribution in [3.05, 3.63) is 23.2 Å². The van der Waals surface area contributed by atoms with E-state index < -0.39 is 12.1 Å². The summed E-state index contributed by atoms with van der Waals surface area (Å²) in [6, 6.07) is 5.88. The number of nitrogen functional groups attached to an aromatic ring is 1. The Morgan fingerprint density at radius 2 is 2.10 bits per heavy atom. The van der Waals surface area contributed by atoms with Crippen LogP contribution in [0.2, 0.25) is 5.02 Å². The number of piperazine rings is 1. The van der Waals surface area contributed by atoms with Crippen molar-refractivity contribution in [2.75, 3.05) is 30.3 Å². The van der Waals surface area contributed by atoms with Gasteiger partial charge in [-0.05, 0) is 25.1 Å². The fraction of sp³-hybridized carbons (Fsp3) is 0.353. The molecule has 0 spiro atoms. The minimum atomic E-state index is -5.08. The predicted molar refractivity (Wildman–Crippen MR) is 102 cm³/mol. The first-order chi connectivity index (χ1) is 13.6. The van der Waals surface area contributed by atoms with E-state index in [2.05, 4.69) is 27.1 Å². The standard InChI is InChI=1S/C15H16ClN5O.C2HF3O2/c1-8-7-21(5-4-18-8)14-13-12(19-15(17)20-14)10-6-9(16)2-3-11(10)22-13;3-2(4,5)1(6)7/h2-3,6,8,18H,4-5,7H2,1H3,(H2,17,19,20);(H,6,7)/t8-;/m1./s1. The average Bonchev–Trinajstić information content (AvgIpc) is 2.98. The molecule has 1 saturated heterocycles. The van der Waals surface area contributed by atoms with Crippen LogP contribution in [0, 0.1) is 0 Å². The monoisotopic (exact) mass is 431 g/mol. The van der Waals surface area contributed by atoms with Crippen LogP contribution in [0.4, 0.5) is 24.9 Å². The Hall–Kier alpha value is -2.79. The van der Waals surface area contributed by atoms with Crippen molar-refractivity contribution < 1.29 is 27.5 Å². The number of nitrogens with zero attached hydrogens (tertiary/aromatic N) is 3. The predicted octanol–water partition coefficient (Wildman–Crippen LogP) is 3.04. The van der Waals surface area contributed by atoms with Crippen molar-refractivity contribution in [2.24, 2.45) is 0 Å². The SMILES string of the molecule is C[C@@H]1CN(c2nc(N)nc3c2oc2ccc(Cl)cc23)CCN1.O=C(O)C(F)(F)F. The fourth-order valence-electron chi connectivity index (χ4n) is 2.96. The van der Waals surface area contributed by atoms with E-state index in [-0.39, 0.29) is 5.95 Å². The molecule has 1 aliphatic rings. The molecule has 156 valence electrons. The molecule has 0 bridgehead atoms. The summed E-state index contributed by atoms with van der Waals surface area (Å²) in [6.45, 7) is 4.75. The van der Waals surface area contributed by atoms with Gasteiger partial charge >= 0.3 is 12.1 Å². The zero-order valence-corrected chi connectivity index (χ0v) is 15.9. The van der Waals surface area contributed by atoms with Gasteiger partial charge in [0.1, 0.15) is 11.1 Å². The van der Waals surface area contributed by atoms with Crippen molar-refractivity contribution in [3.8, 4) is 0 Å². The highest BCUT2D eigenvalue weighted by atomic mass is 35.5. The molecule has 12 heteroatoms. The van der Waals surface area contributed by atoms with E-state index in [4.69, 9.17) is 31.7 Å². The van der Waals surface area contributed by atoms with E-state index in [0.29, 0.717) is 22.2 Å². The van der Waals surface area contributed by atoms with Crippen LogP contribution < -0.4 is 16.0 Å². The van der Waals surface area contributed by atoms with Crippen LogP contribution in [0.15, 0.2) is 22.6 Å². The maximum Gasteiger partial charge on any atom is 0.490 e. The first-order valence-corrected chi connectivity index (χ1v) is 8.87. The number of aliphatic carboxylic acids is 1. The van der Waals surface area contributed by atoms with Crippen LogP contribution in [0.5, 0.6) is 0 Å². The van der Waals surface area contributed by atoms with E-state index in [1.54, 1.807) is 6.07 Å². The molecule has 4 rings (SSSR count). The lowest BCUT2D eigenvalue weighted by Gasteiger charge is -2.32. The second-order valence-corrected chi connectivity index (χ2v) is 6.87. The van der Waals surface area contributed by atoms with Gasteiger partial charge in [-0.3, -0.25) is 0 Å². The highest BCUT2D eigenvalue weighted by Crippen LogP contribution is 2.35. The van der Waals surface area contributed by atoms with Gasteiger partial charge in [0.25, 0.3) is 0 Å². The summed E-state index contributed by atoms with van der Waals surface area (Å²) >= 11 is 6.09. The van der Waals surface area contributed by atoms with Crippen molar-refractivity contribution in [3.63, 3.8) is 0 Å². The smallest absolute Gasteiger partial charge is 0.475 e. The van der Waals surface area contributed by atoms with Crippen LogP contribution in [0.1, 0.15) is 6.92 Å². The lowest BCUT2D eigenvalue weighted by Crippen LogP contribution is -2.49. The molecule has 0 radical (unpaired) electrons. The molecule has 3 aromatic rings. The van der Waals surface area contributed by atoms with Crippen LogP contribution in [0.25, 0.3) is 22.1 Å². The van der Waals surface area contributed by atoms with Gasteiger partial charge in [-0.25, -0.2) is 9.78 Å². The second-order valence-electron chi connectivity index (χ2n) is 6.43. The number of rotatable bonds is 1. The third kappa shape index (κ3) is 4.62. The molecule has 8 nitrogen and oxygen atoms in total. The third-order valence-corrected chi connectivity index (χ3v) is 4.42. The van der Waals surface area contributed by atoms with E-state index in [1.807, 2.05) is 12.1 Å². The van der Waals surface area contributed by atoms with E-state index in [9.17, 15) is 13.2 Å². The van der Waals surface area contributed by atoms with Crippen molar-refractivity contribution in [1.29, 1.82) is 0 Å². The number of hydrogen-bond donors (Lipinski definition) is 3. The zero-order valence-electron chi connectivity index (χ0n) is 15.1. The molecule has 0 aliphatic carbocycles. The van der Waals surface area contributed by atoms with Crippen molar-refractivity contribution >= 4 is 51.4 Å².